The number of esters is 1. The van der Waals surface area contributed by atoms with Crippen molar-refractivity contribution in [2.75, 3.05) is 7.11 Å². The molecule has 2 aromatic rings. The van der Waals surface area contributed by atoms with Crippen molar-refractivity contribution in [2.24, 2.45) is 0 Å². The Balaban J connectivity index is 2.40. The molecule has 0 bridgehead atoms. The molecular formula is C17H13F3O3. The van der Waals surface area contributed by atoms with Crippen LogP contribution in [0.25, 0.3) is 11.1 Å². The van der Waals surface area contributed by atoms with Gasteiger partial charge in [-0.2, -0.15) is 4.39 Å². The average molecular weight is 322 g/mol. The number of hydrogen-bond acceptors (Lipinski definition) is 3. The molecule has 0 amide bonds. The van der Waals surface area contributed by atoms with Gasteiger partial charge in [0.2, 0.25) is 5.82 Å². The van der Waals surface area contributed by atoms with E-state index in [-0.39, 0.29) is 28.2 Å². The third kappa shape index (κ3) is 3.36. The van der Waals surface area contributed by atoms with E-state index in [1.165, 1.54) is 32.2 Å². The van der Waals surface area contributed by atoms with Crippen LogP contribution in [0.3, 0.4) is 0 Å². The summed E-state index contributed by atoms with van der Waals surface area (Å²) in [6, 6.07) is 5.93. The number of ether oxygens (including phenoxy) is 2. The van der Waals surface area contributed by atoms with Crippen LogP contribution in [0.5, 0.6) is 11.5 Å². The Morgan fingerprint density at radius 2 is 1.70 bits per heavy atom. The van der Waals surface area contributed by atoms with Crippen LogP contribution in [-0.2, 0) is 4.79 Å². The van der Waals surface area contributed by atoms with Crippen LogP contribution in [0.4, 0.5) is 13.2 Å². The minimum atomic E-state index is -1.16. The van der Waals surface area contributed by atoms with Gasteiger partial charge in [-0.1, -0.05) is 12.6 Å². The highest BCUT2D eigenvalue weighted by Gasteiger charge is 2.17. The maximum atomic E-state index is 14.0. The van der Waals surface area contributed by atoms with Crippen LogP contribution in [0.1, 0.15) is 6.92 Å². The summed E-state index contributed by atoms with van der Waals surface area (Å²) in [5.41, 5.74) is 0.0633. The number of rotatable bonds is 4. The zero-order valence-electron chi connectivity index (χ0n) is 12.5. The van der Waals surface area contributed by atoms with E-state index in [0.29, 0.717) is 0 Å². The third-order valence-corrected chi connectivity index (χ3v) is 3.06. The summed E-state index contributed by atoms with van der Waals surface area (Å²) in [5.74, 6) is -4.56. The van der Waals surface area contributed by atoms with E-state index < -0.39 is 23.4 Å². The van der Waals surface area contributed by atoms with Gasteiger partial charge in [0.25, 0.3) is 0 Å². The zero-order valence-corrected chi connectivity index (χ0v) is 12.5. The molecule has 120 valence electrons. The fourth-order valence-corrected chi connectivity index (χ4v) is 1.85. The van der Waals surface area contributed by atoms with Gasteiger partial charge in [-0.25, -0.2) is 13.6 Å². The minimum absolute atomic E-state index is 0.0941. The van der Waals surface area contributed by atoms with Crippen molar-refractivity contribution >= 4 is 5.97 Å². The molecule has 23 heavy (non-hydrogen) atoms. The van der Waals surface area contributed by atoms with E-state index in [1.807, 2.05) is 0 Å². The van der Waals surface area contributed by atoms with Crippen molar-refractivity contribution in [3.05, 3.63) is 59.9 Å². The highest BCUT2D eigenvalue weighted by Crippen LogP contribution is 2.32. The van der Waals surface area contributed by atoms with Gasteiger partial charge in [-0.05, 0) is 36.8 Å². The summed E-state index contributed by atoms with van der Waals surface area (Å²) in [5, 5.41) is 0. The Kier molecular flexibility index (Phi) is 4.74. The lowest BCUT2D eigenvalue weighted by molar-refractivity contribution is -0.130. The molecule has 0 radical (unpaired) electrons. The lowest BCUT2D eigenvalue weighted by atomic mass is 10.0. The number of carbonyl (C=O) groups excluding carboxylic acids is 1. The normalized spacial score (nSPS) is 10.3. The SMILES string of the molecule is C=C(C)C(=O)Oc1ccc(-c2ccc(OC)c(F)c2F)cc1F. The van der Waals surface area contributed by atoms with Crippen molar-refractivity contribution < 1.29 is 27.4 Å². The highest BCUT2D eigenvalue weighted by atomic mass is 19.2. The smallest absolute Gasteiger partial charge is 0.338 e. The van der Waals surface area contributed by atoms with E-state index in [9.17, 15) is 18.0 Å². The van der Waals surface area contributed by atoms with Gasteiger partial charge < -0.3 is 9.47 Å². The summed E-state index contributed by atoms with van der Waals surface area (Å²) in [6.45, 7) is 4.80. The summed E-state index contributed by atoms with van der Waals surface area (Å²) >= 11 is 0. The molecule has 0 aliphatic carbocycles. The standard InChI is InChI=1S/C17H13F3O3/c1-9(2)17(21)23-13-6-4-10(8-12(13)18)11-5-7-14(22-3)16(20)15(11)19/h4-8H,1H2,2-3H3. The molecule has 0 fully saturated rings. The van der Waals surface area contributed by atoms with Crippen LogP contribution in [0, 0.1) is 17.5 Å². The second-order valence-electron chi connectivity index (χ2n) is 4.76. The van der Waals surface area contributed by atoms with E-state index >= 15 is 0 Å². The molecule has 0 atom stereocenters. The number of halogens is 3. The first-order valence-electron chi connectivity index (χ1n) is 6.54. The van der Waals surface area contributed by atoms with Crippen LogP contribution < -0.4 is 9.47 Å². The van der Waals surface area contributed by atoms with Gasteiger partial charge in [0, 0.05) is 11.1 Å². The summed E-state index contributed by atoms with van der Waals surface area (Å²) in [6.07, 6.45) is 0. The van der Waals surface area contributed by atoms with Gasteiger partial charge in [0.15, 0.2) is 23.1 Å². The lowest BCUT2D eigenvalue weighted by Gasteiger charge is -2.10. The van der Waals surface area contributed by atoms with Crippen molar-refractivity contribution in [1.82, 2.24) is 0 Å². The largest absolute Gasteiger partial charge is 0.494 e. The summed E-state index contributed by atoms with van der Waals surface area (Å²) < 4.78 is 51.2. The van der Waals surface area contributed by atoms with Crippen LogP contribution >= 0.6 is 0 Å². The topological polar surface area (TPSA) is 35.5 Å². The molecule has 0 heterocycles. The molecule has 0 saturated carbocycles. The van der Waals surface area contributed by atoms with Gasteiger partial charge in [0.05, 0.1) is 7.11 Å². The summed E-state index contributed by atoms with van der Waals surface area (Å²) in [7, 11) is 1.21. The fourth-order valence-electron chi connectivity index (χ4n) is 1.85. The number of benzene rings is 2. The van der Waals surface area contributed by atoms with Gasteiger partial charge in [-0.3, -0.25) is 0 Å². The molecule has 6 heteroatoms. The maximum Gasteiger partial charge on any atom is 0.338 e. The zero-order chi connectivity index (χ0) is 17.1. The number of methoxy groups -OCH3 is 1. The first-order valence-corrected chi connectivity index (χ1v) is 6.54. The molecule has 0 aliphatic heterocycles. The van der Waals surface area contributed by atoms with Crippen molar-refractivity contribution in [2.45, 2.75) is 6.92 Å². The molecule has 3 nitrogen and oxygen atoms in total. The second kappa shape index (κ2) is 6.56. The van der Waals surface area contributed by atoms with Crippen molar-refractivity contribution in [1.29, 1.82) is 0 Å². The molecule has 0 spiro atoms. The molecule has 0 aliphatic rings. The summed E-state index contributed by atoms with van der Waals surface area (Å²) in [4.78, 5) is 11.4. The fraction of sp³-hybridized carbons (Fsp3) is 0.118. The number of hydrogen-bond donors (Lipinski definition) is 0. The minimum Gasteiger partial charge on any atom is -0.494 e. The van der Waals surface area contributed by atoms with E-state index in [0.717, 1.165) is 12.1 Å². The predicted molar refractivity (Wildman–Crippen MR) is 78.8 cm³/mol. The monoisotopic (exact) mass is 322 g/mol. The van der Waals surface area contributed by atoms with Crippen molar-refractivity contribution in [3.8, 4) is 22.6 Å². The Morgan fingerprint density at radius 3 is 2.26 bits per heavy atom. The molecule has 2 aromatic carbocycles. The van der Waals surface area contributed by atoms with Gasteiger partial charge >= 0.3 is 5.97 Å². The maximum absolute atomic E-state index is 14.0. The van der Waals surface area contributed by atoms with E-state index in [4.69, 9.17) is 4.74 Å². The molecule has 0 N–H and O–H groups in total. The van der Waals surface area contributed by atoms with E-state index in [2.05, 4.69) is 11.3 Å². The van der Waals surface area contributed by atoms with Gasteiger partial charge in [0.1, 0.15) is 0 Å². The first-order chi connectivity index (χ1) is 10.8. The van der Waals surface area contributed by atoms with Crippen LogP contribution in [0.2, 0.25) is 0 Å². The quantitative estimate of drug-likeness (QED) is 0.479. The van der Waals surface area contributed by atoms with Gasteiger partial charge in [-0.15, -0.1) is 0 Å². The Bertz CT molecular complexity index is 785. The molecule has 0 unspecified atom stereocenters. The second-order valence-corrected chi connectivity index (χ2v) is 4.76. The Labute approximate surface area is 131 Å². The molecule has 0 saturated heterocycles. The average Bonchev–Trinajstić information content (AvgIpc) is 2.51. The lowest BCUT2D eigenvalue weighted by Crippen LogP contribution is -2.09. The third-order valence-electron chi connectivity index (χ3n) is 3.06. The van der Waals surface area contributed by atoms with Crippen LogP contribution in [-0.4, -0.2) is 13.1 Å². The predicted octanol–water partition coefficient (Wildman–Crippen LogP) is 4.26. The molecular weight excluding hydrogens is 309 g/mol. The number of carbonyl (C=O) groups is 1. The Morgan fingerprint density at radius 1 is 1.04 bits per heavy atom. The van der Waals surface area contributed by atoms with Crippen molar-refractivity contribution in [3.63, 3.8) is 0 Å². The molecule has 2 rings (SSSR count). The highest BCUT2D eigenvalue weighted by molar-refractivity contribution is 5.88. The molecule has 0 aromatic heterocycles. The Hall–Kier alpha value is -2.76. The first kappa shape index (κ1) is 16.6. The van der Waals surface area contributed by atoms with E-state index in [1.54, 1.807) is 0 Å². The van der Waals surface area contributed by atoms with Crippen LogP contribution in [0.15, 0.2) is 42.5 Å².